The standard InChI is InChI=1S/C20H22N2O3/c1-13-12-25-18-9-8-16(10-17(13)18)20(24)22(3)11-14-4-6-15(7-5-14)19(23)21-2/h4-10,13H,11-12H2,1-3H3,(H,21,23). The zero-order valence-electron chi connectivity index (χ0n) is 14.7. The summed E-state index contributed by atoms with van der Waals surface area (Å²) in [6.07, 6.45) is 0. The van der Waals surface area contributed by atoms with E-state index in [0.717, 1.165) is 16.9 Å². The summed E-state index contributed by atoms with van der Waals surface area (Å²) in [6.45, 7) is 3.24. The topological polar surface area (TPSA) is 58.6 Å². The van der Waals surface area contributed by atoms with Crippen LogP contribution >= 0.6 is 0 Å². The number of fused-ring (bicyclic) bond motifs is 1. The Kier molecular flexibility index (Phi) is 4.74. The van der Waals surface area contributed by atoms with Crippen LogP contribution in [-0.4, -0.2) is 37.4 Å². The first-order valence-corrected chi connectivity index (χ1v) is 8.33. The van der Waals surface area contributed by atoms with E-state index in [1.807, 2.05) is 30.3 Å². The molecule has 0 fully saturated rings. The third-order valence-corrected chi connectivity index (χ3v) is 4.49. The molecule has 1 N–H and O–H groups in total. The van der Waals surface area contributed by atoms with Gasteiger partial charge in [0.05, 0.1) is 6.61 Å². The lowest BCUT2D eigenvalue weighted by Gasteiger charge is -2.18. The normalized spacial score (nSPS) is 15.2. The zero-order valence-corrected chi connectivity index (χ0v) is 14.7. The molecule has 0 aliphatic carbocycles. The second-order valence-corrected chi connectivity index (χ2v) is 6.40. The average molecular weight is 338 g/mol. The average Bonchev–Trinajstić information content (AvgIpc) is 3.01. The van der Waals surface area contributed by atoms with Crippen LogP contribution in [0.15, 0.2) is 42.5 Å². The molecule has 5 heteroatoms. The molecule has 1 unspecified atom stereocenters. The summed E-state index contributed by atoms with van der Waals surface area (Å²) in [4.78, 5) is 25.9. The minimum atomic E-state index is -0.120. The van der Waals surface area contributed by atoms with E-state index in [0.29, 0.717) is 30.2 Å². The van der Waals surface area contributed by atoms with Gasteiger partial charge < -0.3 is 15.0 Å². The lowest BCUT2D eigenvalue weighted by Crippen LogP contribution is -2.26. The van der Waals surface area contributed by atoms with E-state index < -0.39 is 0 Å². The van der Waals surface area contributed by atoms with Crippen molar-refractivity contribution >= 4 is 11.8 Å². The summed E-state index contributed by atoms with van der Waals surface area (Å²) in [6, 6.07) is 12.9. The molecule has 0 saturated heterocycles. The van der Waals surface area contributed by atoms with Crippen molar-refractivity contribution in [1.82, 2.24) is 10.2 Å². The Morgan fingerprint density at radius 3 is 2.52 bits per heavy atom. The Morgan fingerprint density at radius 2 is 1.84 bits per heavy atom. The monoisotopic (exact) mass is 338 g/mol. The van der Waals surface area contributed by atoms with Crippen LogP contribution in [0.25, 0.3) is 0 Å². The third-order valence-electron chi connectivity index (χ3n) is 4.49. The van der Waals surface area contributed by atoms with Gasteiger partial charge in [-0.05, 0) is 35.9 Å². The first-order chi connectivity index (χ1) is 12.0. The molecular weight excluding hydrogens is 316 g/mol. The number of hydrogen-bond acceptors (Lipinski definition) is 3. The maximum atomic E-state index is 12.7. The molecule has 130 valence electrons. The number of nitrogens with zero attached hydrogens (tertiary/aromatic N) is 1. The maximum Gasteiger partial charge on any atom is 0.253 e. The molecular formula is C20H22N2O3. The minimum absolute atomic E-state index is 0.0303. The van der Waals surface area contributed by atoms with E-state index in [2.05, 4.69) is 12.2 Å². The van der Waals surface area contributed by atoms with Crippen molar-refractivity contribution in [3.63, 3.8) is 0 Å². The van der Waals surface area contributed by atoms with Gasteiger partial charge in [-0.2, -0.15) is 0 Å². The van der Waals surface area contributed by atoms with Crippen LogP contribution in [0.1, 0.15) is 44.7 Å². The van der Waals surface area contributed by atoms with Crippen LogP contribution in [0.2, 0.25) is 0 Å². The second-order valence-electron chi connectivity index (χ2n) is 6.40. The molecule has 0 bridgehead atoms. The van der Waals surface area contributed by atoms with Crippen LogP contribution in [-0.2, 0) is 6.54 Å². The number of nitrogens with one attached hydrogen (secondary N) is 1. The van der Waals surface area contributed by atoms with Crippen LogP contribution in [0, 0.1) is 0 Å². The van der Waals surface area contributed by atoms with Gasteiger partial charge in [0.2, 0.25) is 0 Å². The SMILES string of the molecule is CNC(=O)c1ccc(CN(C)C(=O)c2ccc3c(c2)C(C)CO3)cc1. The van der Waals surface area contributed by atoms with Gasteiger partial charge in [0.25, 0.3) is 11.8 Å². The van der Waals surface area contributed by atoms with Crippen molar-refractivity contribution < 1.29 is 14.3 Å². The van der Waals surface area contributed by atoms with Crippen molar-refractivity contribution in [3.8, 4) is 5.75 Å². The number of rotatable bonds is 4. The number of carbonyl (C=O) groups excluding carboxylic acids is 2. The molecule has 3 rings (SSSR count). The Labute approximate surface area is 147 Å². The summed E-state index contributed by atoms with van der Waals surface area (Å²) in [5.74, 6) is 1.03. The molecule has 1 heterocycles. The summed E-state index contributed by atoms with van der Waals surface area (Å²) < 4.78 is 5.58. The Morgan fingerprint density at radius 1 is 1.16 bits per heavy atom. The minimum Gasteiger partial charge on any atom is -0.493 e. The van der Waals surface area contributed by atoms with Crippen molar-refractivity contribution in [2.24, 2.45) is 0 Å². The van der Waals surface area contributed by atoms with Gasteiger partial charge in [-0.25, -0.2) is 0 Å². The van der Waals surface area contributed by atoms with E-state index in [-0.39, 0.29) is 11.8 Å². The molecule has 0 saturated carbocycles. The zero-order chi connectivity index (χ0) is 18.0. The molecule has 1 atom stereocenters. The van der Waals surface area contributed by atoms with Crippen molar-refractivity contribution in [3.05, 3.63) is 64.7 Å². The molecule has 2 aromatic carbocycles. The summed E-state index contributed by atoms with van der Waals surface area (Å²) in [5.41, 5.74) is 3.34. The summed E-state index contributed by atoms with van der Waals surface area (Å²) in [5, 5.41) is 2.59. The first-order valence-electron chi connectivity index (χ1n) is 8.33. The summed E-state index contributed by atoms with van der Waals surface area (Å²) in [7, 11) is 3.38. The number of carbonyl (C=O) groups is 2. The molecule has 5 nitrogen and oxygen atoms in total. The fourth-order valence-corrected chi connectivity index (χ4v) is 2.97. The Bertz CT molecular complexity index is 799. The molecule has 1 aliphatic heterocycles. The van der Waals surface area contributed by atoms with Crippen molar-refractivity contribution in [2.45, 2.75) is 19.4 Å². The van der Waals surface area contributed by atoms with Gasteiger partial charge in [0.15, 0.2) is 0 Å². The van der Waals surface area contributed by atoms with Crippen LogP contribution < -0.4 is 10.1 Å². The molecule has 2 amide bonds. The highest BCUT2D eigenvalue weighted by atomic mass is 16.5. The van der Waals surface area contributed by atoms with Crippen molar-refractivity contribution in [2.75, 3.05) is 20.7 Å². The van der Waals surface area contributed by atoms with E-state index in [1.54, 1.807) is 31.1 Å². The highest BCUT2D eigenvalue weighted by molar-refractivity contribution is 5.95. The first kappa shape index (κ1) is 17.0. The molecule has 0 aromatic heterocycles. The smallest absolute Gasteiger partial charge is 0.253 e. The number of benzene rings is 2. The van der Waals surface area contributed by atoms with Gasteiger partial charge in [0, 0.05) is 43.2 Å². The predicted octanol–water partition coefficient (Wildman–Crippen LogP) is 2.81. The van der Waals surface area contributed by atoms with Gasteiger partial charge in [-0.1, -0.05) is 19.1 Å². The van der Waals surface area contributed by atoms with Gasteiger partial charge in [0.1, 0.15) is 5.75 Å². The van der Waals surface area contributed by atoms with Gasteiger partial charge in [-0.15, -0.1) is 0 Å². The third kappa shape index (κ3) is 3.50. The Balaban J connectivity index is 1.71. The molecule has 1 aliphatic rings. The molecule has 0 spiro atoms. The van der Waals surface area contributed by atoms with Crippen molar-refractivity contribution in [1.29, 1.82) is 0 Å². The molecule has 0 radical (unpaired) electrons. The van der Waals surface area contributed by atoms with Gasteiger partial charge >= 0.3 is 0 Å². The quantitative estimate of drug-likeness (QED) is 0.932. The molecule has 2 aromatic rings. The molecule has 25 heavy (non-hydrogen) atoms. The summed E-state index contributed by atoms with van der Waals surface area (Å²) >= 11 is 0. The highest BCUT2D eigenvalue weighted by Gasteiger charge is 2.22. The Hall–Kier alpha value is -2.82. The van der Waals surface area contributed by atoms with E-state index in [1.165, 1.54) is 0 Å². The lowest BCUT2D eigenvalue weighted by molar-refractivity contribution is 0.0784. The van der Waals surface area contributed by atoms with Gasteiger partial charge in [-0.3, -0.25) is 9.59 Å². The largest absolute Gasteiger partial charge is 0.493 e. The number of amides is 2. The second kappa shape index (κ2) is 6.97. The van der Waals surface area contributed by atoms with E-state index >= 15 is 0 Å². The number of hydrogen-bond donors (Lipinski definition) is 1. The maximum absolute atomic E-state index is 12.7. The predicted molar refractivity (Wildman–Crippen MR) is 96.0 cm³/mol. The highest BCUT2D eigenvalue weighted by Crippen LogP contribution is 2.34. The lowest BCUT2D eigenvalue weighted by atomic mass is 10.0. The fraction of sp³-hybridized carbons (Fsp3) is 0.300. The number of ether oxygens (including phenoxy) is 1. The fourth-order valence-electron chi connectivity index (χ4n) is 2.97. The van der Waals surface area contributed by atoms with Crippen LogP contribution in [0.3, 0.4) is 0 Å². The van der Waals surface area contributed by atoms with Crippen LogP contribution in [0.4, 0.5) is 0 Å². The van der Waals surface area contributed by atoms with E-state index in [9.17, 15) is 9.59 Å². The van der Waals surface area contributed by atoms with Crippen LogP contribution in [0.5, 0.6) is 5.75 Å². The van der Waals surface area contributed by atoms with E-state index in [4.69, 9.17) is 4.74 Å².